The van der Waals surface area contributed by atoms with Crippen molar-refractivity contribution in [1.29, 1.82) is 0 Å². The minimum absolute atomic E-state index is 0.0744. The molecule has 2 aromatic rings. The van der Waals surface area contributed by atoms with E-state index in [1.54, 1.807) is 30.2 Å². The Kier molecular flexibility index (Phi) is 5.01. The standard InChI is InChI=1S/C19H22N2O2S2/c1-23-14-2-4-15(5-3-14)24-18-7-6-17(25-18)19(22)20-16-12-21-10-8-13(16)9-11-21/h2-7,13,16H,8-12H2,1H3,(H,20,22). The number of carbonyl (C=O) groups is 1. The Balaban J connectivity index is 1.37. The quantitative estimate of drug-likeness (QED) is 0.866. The highest BCUT2D eigenvalue weighted by Crippen LogP contribution is 2.34. The number of hydrogen-bond acceptors (Lipinski definition) is 5. The lowest BCUT2D eigenvalue weighted by Gasteiger charge is -2.44. The van der Waals surface area contributed by atoms with Crippen LogP contribution >= 0.6 is 23.1 Å². The summed E-state index contributed by atoms with van der Waals surface area (Å²) in [5.41, 5.74) is 0. The molecular weight excluding hydrogens is 352 g/mol. The average molecular weight is 375 g/mol. The molecule has 0 aliphatic carbocycles. The fourth-order valence-electron chi connectivity index (χ4n) is 3.63. The van der Waals surface area contributed by atoms with Crippen LogP contribution < -0.4 is 10.1 Å². The molecule has 3 aliphatic rings. The number of benzene rings is 1. The van der Waals surface area contributed by atoms with Crippen LogP contribution in [0.25, 0.3) is 0 Å². The van der Waals surface area contributed by atoms with E-state index in [1.807, 2.05) is 36.4 Å². The van der Waals surface area contributed by atoms with E-state index in [1.165, 1.54) is 25.9 Å². The summed E-state index contributed by atoms with van der Waals surface area (Å²) in [6.45, 7) is 3.40. The summed E-state index contributed by atoms with van der Waals surface area (Å²) < 4.78 is 6.31. The molecule has 25 heavy (non-hydrogen) atoms. The van der Waals surface area contributed by atoms with E-state index < -0.39 is 0 Å². The van der Waals surface area contributed by atoms with E-state index >= 15 is 0 Å². The van der Waals surface area contributed by atoms with Crippen molar-refractivity contribution in [2.24, 2.45) is 5.92 Å². The summed E-state index contributed by atoms with van der Waals surface area (Å²) in [7, 11) is 1.67. The maximum atomic E-state index is 12.6. The molecule has 3 saturated heterocycles. The van der Waals surface area contributed by atoms with Crippen molar-refractivity contribution in [1.82, 2.24) is 10.2 Å². The number of nitrogens with one attached hydrogen (secondary N) is 1. The van der Waals surface area contributed by atoms with Crippen LogP contribution in [-0.4, -0.2) is 43.6 Å². The van der Waals surface area contributed by atoms with E-state index in [2.05, 4.69) is 10.2 Å². The molecule has 0 saturated carbocycles. The van der Waals surface area contributed by atoms with Crippen molar-refractivity contribution in [3.05, 3.63) is 41.3 Å². The third kappa shape index (κ3) is 3.86. The summed E-state index contributed by atoms with van der Waals surface area (Å²) in [4.78, 5) is 17.0. The lowest BCUT2D eigenvalue weighted by molar-refractivity contribution is 0.0622. The maximum absolute atomic E-state index is 12.6. The molecule has 3 fully saturated rings. The number of carbonyl (C=O) groups excluding carboxylic acids is 1. The Labute approximate surface area is 156 Å². The number of ether oxygens (including phenoxy) is 1. The van der Waals surface area contributed by atoms with E-state index in [0.717, 1.165) is 26.3 Å². The first-order valence-corrected chi connectivity index (χ1v) is 10.3. The molecule has 6 heteroatoms. The van der Waals surface area contributed by atoms with Crippen molar-refractivity contribution in [2.75, 3.05) is 26.7 Å². The van der Waals surface area contributed by atoms with Crippen LogP contribution in [0.15, 0.2) is 45.5 Å². The number of rotatable bonds is 5. The predicted octanol–water partition coefficient (Wildman–Crippen LogP) is 3.73. The van der Waals surface area contributed by atoms with Gasteiger partial charge in [-0.05, 0) is 68.2 Å². The predicted molar refractivity (Wildman–Crippen MR) is 102 cm³/mol. The highest BCUT2D eigenvalue weighted by molar-refractivity contribution is 8.01. The summed E-state index contributed by atoms with van der Waals surface area (Å²) in [5, 5.41) is 3.26. The zero-order valence-corrected chi connectivity index (χ0v) is 15.9. The van der Waals surface area contributed by atoms with E-state index in [-0.39, 0.29) is 5.91 Å². The van der Waals surface area contributed by atoms with Gasteiger partial charge in [-0.1, -0.05) is 11.8 Å². The lowest BCUT2D eigenvalue weighted by Crippen LogP contribution is -2.57. The minimum Gasteiger partial charge on any atom is -0.497 e. The molecule has 1 unspecified atom stereocenters. The number of amides is 1. The molecule has 4 heterocycles. The number of nitrogens with zero attached hydrogens (tertiary/aromatic N) is 1. The normalized spacial score (nSPS) is 24.9. The smallest absolute Gasteiger partial charge is 0.261 e. The Morgan fingerprint density at radius 2 is 1.96 bits per heavy atom. The van der Waals surface area contributed by atoms with E-state index in [0.29, 0.717) is 12.0 Å². The van der Waals surface area contributed by atoms with Crippen LogP contribution in [0.3, 0.4) is 0 Å². The molecule has 1 aromatic carbocycles. The van der Waals surface area contributed by atoms with Gasteiger partial charge in [0.05, 0.1) is 16.2 Å². The van der Waals surface area contributed by atoms with Gasteiger partial charge in [0.25, 0.3) is 5.91 Å². The van der Waals surface area contributed by atoms with Gasteiger partial charge in [-0.2, -0.15) is 0 Å². The summed E-state index contributed by atoms with van der Waals surface area (Å²) in [5.74, 6) is 1.58. The fraction of sp³-hybridized carbons (Fsp3) is 0.421. The largest absolute Gasteiger partial charge is 0.497 e. The molecule has 0 radical (unpaired) electrons. The number of thiophene rings is 1. The summed E-state index contributed by atoms with van der Waals surface area (Å²) >= 11 is 3.24. The van der Waals surface area contributed by atoms with Gasteiger partial charge in [0.15, 0.2) is 0 Å². The summed E-state index contributed by atoms with van der Waals surface area (Å²) in [6.07, 6.45) is 2.43. The lowest BCUT2D eigenvalue weighted by atomic mass is 9.84. The molecule has 5 rings (SSSR count). The fourth-order valence-corrected chi connectivity index (χ4v) is 5.63. The first-order valence-electron chi connectivity index (χ1n) is 8.66. The Morgan fingerprint density at radius 3 is 2.60 bits per heavy atom. The Hall–Kier alpha value is -1.50. The molecule has 1 atom stereocenters. The zero-order valence-electron chi connectivity index (χ0n) is 14.2. The first kappa shape index (κ1) is 16.9. The second-order valence-corrected chi connectivity index (χ2v) is 9.07. The van der Waals surface area contributed by atoms with Crippen LogP contribution in [0, 0.1) is 5.92 Å². The van der Waals surface area contributed by atoms with Gasteiger partial charge < -0.3 is 15.0 Å². The van der Waals surface area contributed by atoms with E-state index in [4.69, 9.17) is 4.74 Å². The van der Waals surface area contributed by atoms with Gasteiger partial charge in [0.1, 0.15) is 5.75 Å². The first-order chi connectivity index (χ1) is 12.2. The SMILES string of the molecule is COc1ccc(Sc2ccc(C(=O)NC3CN4CCC3CC4)s2)cc1. The number of piperidine rings is 3. The van der Waals surface area contributed by atoms with E-state index in [9.17, 15) is 4.79 Å². The van der Waals surface area contributed by atoms with Gasteiger partial charge in [-0.3, -0.25) is 4.79 Å². The second-order valence-electron chi connectivity index (χ2n) is 6.61. The van der Waals surface area contributed by atoms with Crippen molar-refractivity contribution in [2.45, 2.75) is 28.0 Å². The highest BCUT2D eigenvalue weighted by Gasteiger charge is 2.35. The molecule has 2 bridgehead atoms. The van der Waals surface area contributed by atoms with Gasteiger partial charge >= 0.3 is 0 Å². The van der Waals surface area contributed by atoms with Crippen LogP contribution in [0.4, 0.5) is 0 Å². The topological polar surface area (TPSA) is 41.6 Å². The molecule has 4 nitrogen and oxygen atoms in total. The second kappa shape index (κ2) is 7.40. The third-order valence-corrected chi connectivity index (χ3v) is 7.28. The Morgan fingerprint density at radius 1 is 1.20 bits per heavy atom. The summed E-state index contributed by atoms with van der Waals surface area (Å²) in [6, 6.07) is 12.3. The number of fused-ring (bicyclic) bond motifs is 3. The van der Waals surface area contributed by atoms with Crippen molar-refractivity contribution in [3.63, 3.8) is 0 Å². The van der Waals surface area contributed by atoms with Crippen molar-refractivity contribution < 1.29 is 9.53 Å². The number of methoxy groups -OCH3 is 1. The van der Waals surface area contributed by atoms with Gasteiger partial charge in [-0.15, -0.1) is 11.3 Å². The monoisotopic (exact) mass is 374 g/mol. The Bertz CT molecular complexity index is 736. The molecule has 1 N–H and O–H groups in total. The van der Waals surface area contributed by atoms with Gasteiger partial charge in [0.2, 0.25) is 0 Å². The van der Waals surface area contributed by atoms with Crippen LogP contribution in [-0.2, 0) is 0 Å². The van der Waals surface area contributed by atoms with Crippen LogP contribution in [0.5, 0.6) is 5.75 Å². The number of hydrogen-bond donors (Lipinski definition) is 1. The molecule has 1 amide bonds. The van der Waals surface area contributed by atoms with Gasteiger partial charge in [-0.25, -0.2) is 0 Å². The molecule has 1 aromatic heterocycles. The molecular formula is C19H22N2O2S2. The van der Waals surface area contributed by atoms with Crippen molar-refractivity contribution in [3.8, 4) is 5.75 Å². The van der Waals surface area contributed by atoms with Crippen LogP contribution in [0.2, 0.25) is 0 Å². The molecule has 132 valence electrons. The maximum Gasteiger partial charge on any atom is 0.261 e. The zero-order chi connectivity index (χ0) is 17.2. The van der Waals surface area contributed by atoms with Gasteiger partial charge in [0, 0.05) is 17.5 Å². The minimum atomic E-state index is 0.0744. The highest BCUT2D eigenvalue weighted by atomic mass is 32.2. The molecule has 3 aliphatic heterocycles. The van der Waals surface area contributed by atoms with Crippen LogP contribution in [0.1, 0.15) is 22.5 Å². The molecule has 0 spiro atoms. The average Bonchev–Trinajstić information content (AvgIpc) is 3.12. The van der Waals surface area contributed by atoms with Crippen molar-refractivity contribution >= 4 is 29.0 Å². The third-order valence-electron chi connectivity index (χ3n) is 5.06.